The topological polar surface area (TPSA) is 113 Å². The molecule has 0 saturated heterocycles. The Balaban J connectivity index is 2.11. The van der Waals surface area contributed by atoms with Crippen LogP contribution in [0.2, 0.25) is 0 Å². The molecule has 2 rings (SSSR count). The average Bonchev–Trinajstić information content (AvgIpc) is 2.83. The van der Waals surface area contributed by atoms with Gasteiger partial charge in [0.05, 0.1) is 12.0 Å². The second kappa shape index (κ2) is 8.21. The Bertz CT molecular complexity index is 842. The lowest BCUT2D eigenvalue weighted by molar-refractivity contribution is -0.144. The Kier molecular flexibility index (Phi) is 6.27. The van der Waals surface area contributed by atoms with E-state index in [1.807, 2.05) is 13.8 Å². The third kappa shape index (κ3) is 4.64. The van der Waals surface area contributed by atoms with Crippen molar-refractivity contribution in [1.29, 1.82) is 0 Å². The predicted molar refractivity (Wildman–Crippen MR) is 94.1 cm³/mol. The molecule has 0 atom stereocenters. The summed E-state index contributed by atoms with van der Waals surface area (Å²) in [6.07, 6.45) is 0.303. The molecule has 136 valence electrons. The fourth-order valence-electron chi connectivity index (χ4n) is 2.46. The summed E-state index contributed by atoms with van der Waals surface area (Å²) in [5, 5.41) is 9.50. The number of carbonyl (C=O) groups excluding carboxylic acids is 1. The zero-order valence-electron chi connectivity index (χ0n) is 14.4. The number of ether oxygens (including phenoxy) is 1. The fraction of sp³-hybridized carbons (Fsp3) is 0.500. The molecule has 0 aliphatic rings. The molecule has 8 nitrogen and oxygen atoms in total. The van der Waals surface area contributed by atoms with Gasteiger partial charge in [0.25, 0.3) is 5.56 Å². The van der Waals surface area contributed by atoms with Gasteiger partial charge in [0.1, 0.15) is 17.2 Å². The minimum Gasteiger partial charge on any atom is -0.480 e. The maximum Gasteiger partial charge on any atom is 0.323 e. The highest BCUT2D eigenvalue weighted by Gasteiger charge is 2.18. The van der Waals surface area contributed by atoms with Gasteiger partial charge < -0.3 is 19.7 Å². The number of methoxy groups -OCH3 is 1. The normalized spacial score (nSPS) is 11.0. The van der Waals surface area contributed by atoms with E-state index in [0.29, 0.717) is 16.0 Å². The molecule has 25 heavy (non-hydrogen) atoms. The third-order valence-corrected chi connectivity index (χ3v) is 5.01. The molecule has 0 aliphatic heterocycles. The van der Waals surface area contributed by atoms with Crippen molar-refractivity contribution < 1.29 is 19.4 Å². The Morgan fingerprint density at radius 1 is 1.36 bits per heavy atom. The summed E-state index contributed by atoms with van der Waals surface area (Å²) < 4.78 is 4.90. The number of nitrogens with zero attached hydrogens (tertiary/aromatic N) is 2. The first-order valence-corrected chi connectivity index (χ1v) is 8.62. The summed E-state index contributed by atoms with van der Waals surface area (Å²) in [6, 6.07) is 0. The molecule has 0 radical (unpaired) electrons. The van der Waals surface area contributed by atoms with Crippen LogP contribution in [0.4, 0.5) is 0 Å². The summed E-state index contributed by atoms with van der Waals surface area (Å²) in [4.78, 5) is 45.4. The smallest absolute Gasteiger partial charge is 0.323 e. The van der Waals surface area contributed by atoms with Crippen molar-refractivity contribution in [3.63, 3.8) is 0 Å². The van der Waals surface area contributed by atoms with E-state index in [-0.39, 0.29) is 44.0 Å². The lowest BCUT2D eigenvalue weighted by Crippen LogP contribution is -2.38. The van der Waals surface area contributed by atoms with Crippen molar-refractivity contribution in [1.82, 2.24) is 14.9 Å². The van der Waals surface area contributed by atoms with Crippen molar-refractivity contribution in [2.75, 3.05) is 26.8 Å². The predicted octanol–water partition coefficient (Wildman–Crippen LogP) is 1.09. The van der Waals surface area contributed by atoms with Gasteiger partial charge >= 0.3 is 5.97 Å². The van der Waals surface area contributed by atoms with Gasteiger partial charge in [-0.15, -0.1) is 11.3 Å². The number of hydrogen-bond acceptors (Lipinski definition) is 6. The van der Waals surface area contributed by atoms with Crippen molar-refractivity contribution in [2.45, 2.75) is 26.7 Å². The number of amides is 1. The van der Waals surface area contributed by atoms with Crippen LogP contribution in [0.5, 0.6) is 0 Å². The van der Waals surface area contributed by atoms with E-state index >= 15 is 0 Å². The number of carboxylic acid groups (broad SMARTS) is 1. The first-order chi connectivity index (χ1) is 11.8. The second-order valence-electron chi connectivity index (χ2n) is 5.68. The maximum atomic E-state index is 12.3. The molecule has 0 bridgehead atoms. The molecule has 0 unspecified atom stereocenters. The van der Waals surface area contributed by atoms with Crippen LogP contribution < -0.4 is 5.56 Å². The molecule has 0 aromatic carbocycles. The Morgan fingerprint density at radius 3 is 2.72 bits per heavy atom. The number of nitrogens with one attached hydrogen (secondary N) is 1. The third-order valence-electron chi connectivity index (χ3n) is 3.91. The lowest BCUT2D eigenvalue weighted by atomic mass is 10.2. The molecule has 0 spiro atoms. The molecule has 0 aliphatic carbocycles. The molecule has 0 fully saturated rings. The SMILES string of the molecule is COCCN(CC(=O)O)C(=O)CCc1nc2sc(C)c(C)c2c(=O)[nH]1. The summed E-state index contributed by atoms with van der Waals surface area (Å²) in [5.41, 5.74) is 0.708. The lowest BCUT2D eigenvalue weighted by Gasteiger charge is -2.20. The summed E-state index contributed by atoms with van der Waals surface area (Å²) in [5.74, 6) is -0.975. The number of aryl methyl sites for hydroxylation is 3. The Morgan fingerprint density at radius 2 is 2.08 bits per heavy atom. The number of carbonyl (C=O) groups is 2. The van der Waals surface area contributed by atoms with Crippen LogP contribution in [0.25, 0.3) is 10.2 Å². The zero-order chi connectivity index (χ0) is 18.6. The van der Waals surface area contributed by atoms with Crippen LogP contribution >= 0.6 is 11.3 Å². The molecule has 2 N–H and O–H groups in total. The number of fused-ring (bicyclic) bond motifs is 1. The minimum absolute atomic E-state index is 0.0643. The van der Waals surface area contributed by atoms with Gasteiger partial charge in [-0.2, -0.15) is 0 Å². The van der Waals surface area contributed by atoms with Crippen LogP contribution in [0.3, 0.4) is 0 Å². The fourth-order valence-corrected chi connectivity index (χ4v) is 3.51. The van der Waals surface area contributed by atoms with Crippen molar-refractivity contribution in [3.8, 4) is 0 Å². The van der Waals surface area contributed by atoms with Crippen LogP contribution in [0.15, 0.2) is 4.79 Å². The Hall–Kier alpha value is -2.26. The average molecular weight is 367 g/mol. The first-order valence-electron chi connectivity index (χ1n) is 7.81. The van der Waals surface area contributed by atoms with Crippen molar-refractivity contribution >= 4 is 33.4 Å². The van der Waals surface area contributed by atoms with E-state index < -0.39 is 5.97 Å². The van der Waals surface area contributed by atoms with Gasteiger partial charge in [0.15, 0.2) is 0 Å². The maximum absolute atomic E-state index is 12.3. The van der Waals surface area contributed by atoms with Crippen LogP contribution in [-0.4, -0.2) is 58.7 Å². The van der Waals surface area contributed by atoms with Crippen molar-refractivity contribution in [2.24, 2.45) is 0 Å². The van der Waals surface area contributed by atoms with Gasteiger partial charge in [0.2, 0.25) is 5.91 Å². The zero-order valence-corrected chi connectivity index (χ0v) is 15.2. The number of carboxylic acids is 1. The molecular formula is C16H21N3O5S. The number of thiophene rings is 1. The van der Waals surface area contributed by atoms with Gasteiger partial charge in [-0.3, -0.25) is 14.4 Å². The number of hydrogen-bond donors (Lipinski definition) is 2. The first kappa shape index (κ1) is 19.1. The van der Waals surface area contributed by atoms with Gasteiger partial charge in [0, 0.05) is 31.4 Å². The van der Waals surface area contributed by atoms with Crippen LogP contribution in [0, 0.1) is 13.8 Å². The summed E-state index contributed by atoms with van der Waals surface area (Å²) >= 11 is 1.45. The highest BCUT2D eigenvalue weighted by Crippen LogP contribution is 2.25. The number of aromatic nitrogens is 2. The number of aliphatic carboxylic acids is 1. The Labute approximate surface area is 148 Å². The van der Waals surface area contributed by atoms with Gasteiger partial charge in [-0.25, -0.2) is 4.98 Å². The molecule has 2 aromatic heterocycles. The highest BCUT2D eigenvalue weighted by molar-refractivity contribution is 7.18. The quantitative estimate of drug-likeness (QED) is 0.722. The van der Waals surface area contributed by atoms with E-state index in [4.69, 9.17) is 9.84 Å². The van der Waals surface area contributed by atoms with Gasteiger partial charge in [-0.1, -0.05) is 0 Å². The molecule has 9 heteroatoms. The minimum atomic E-state index is -1.08. The van der Waals surface area contributed by atoms with Crippen LogP contribution in [0.1, 0.15) is 22.7 Å². The van der Waals surface area contributed by atoms with Crippen molar-refractivity contribution in [3.05, 3.63) is 26.6 Å². The molecule has 2 aromatic rings. The van der Waals surface area contributed by atoms with E-state index in [0.717, 1.165) is 10.4 Å². The van der Waals surface area contributed by atoms with E-state index in [1.165, 1.54) is 23.3 Å². The van der Waals surface area contributed by atoms with E-state index in [2.05, 4.69) is 9.97 Å². The van der Waals surface area contributed by atoms with E-state index in [9.17, 15) is 14.4 Å². The highest BCUT2D eigenvalue weighted by atomic mass is 32.1. The van der Waals surface area contributed by atoms with Crippen LogP contribution in [-0.2, 0) is 20.7 Å². The molecular weight excluding hydrogens is 346 g/mol. The standard InChI is InChI=1S/C16H21N3O5S/c1-9-10(2)25-16-14(9)15(23)17-11(18-16)4-5-12(20)19(6-7-24-3)8-13(21)22/h4-8H2,1-3H3,(H,21,22)(H,17,18,23). The molecule has 1 amide bonds. The largest absolute Gasteiger partial charge is 0.480 e. The number of aromatic amines is 1. The molecule has 0 saturated carbocycles. The summed E-state index contributed by atoms with van der Waals surface area (Å²) in [7, 11) is 1.48. The molecule has 2 heterocycles. The number of H-pyrrole nitrogens is 1. The summed E-state index contributed by atoms with van der Waals surface area (Å²) in [6.45, 7) is 3.90. The number of rotatable bonds is 8. The van der Waals surface area contributed by atoms with Gasteiger partial charge in [-0.05, 0) is 19.4 Å². The second-order valence-corrected chi connectivity index (χ2v) is 6.88. The van der Waals surface area contributed by atoms with E-state index in [1.54, 1.807) is 0 Å². The monoisotopic (exact) mass is 367 g/mol.